The Labute approximate surface area is 77.2 Å². The summed E-state index contributed by atoms with van der Waals surface area (Å²) < 4.78 is 0. The van der Waals surface area contributed by atoms with Crippen LogP contribution in [0.15, 0.2) is 30.3 Å². The minimum atomic E-state index is -0.786. The Morgan fingerprint density at radius 2 is 1.92 bits per heavy atom. The van der Waals surface area contributed by atoms with Crippen molar-refractivity contribution in [2.24, 2.45) is 0 Å². The third-order valence-electron chi connectivity index (χ3n) is 1.20. The normalized spacial score (nSPS) is 7.69. The molecular formula is C10H11NO2. The second kappa shape index (κ2) is 6.86. The van der Waals surface area contributed by atoms with Gasteiger partial charge in [-0.05, 0) is 5.56 Å². The molecule has 0 bridgehead atoms. The fraction of sp³-hybridized carbons (Fsp3) is 0.200. The molecule has 0 unspecified atom stereocenters. The van der Waals surface area contributed by atoms with Crippen molar-refractivity contribution < 1.29 is 9.90 Å². The lowest BCUT2D eigenvalue weighted by atomic mass is 10.2. The molecule has 3 heteroatoms. The first-order valence-electron chi connectivity index (χ1n) is 3.77. The van der Waals surface area contributed by atoms with Crippen molar-refractivity contribution in [2.75, 3.05) is 0 Å². The van der Waals surface area contributed by atoms with E-state index in [1.54, 1.807) is 18.2 Å². The van der Waals surface area contributed by atoms with Gasteiger partial charge in [0.05, 0.1) is 12.5 Å². The van der Waals surface area contributed by atoms with Gasteiger partial charge in [-0.25, -0.2) is 0 Å². The number of nitriles is 1. The van der Waals surface area contributed by atoms with Gasteiger partial charge in [-0.3, -0.25) is 4.79 Å². The summed E-state index contributed by atoms with van der Waals surface area (Å²) in [5.41, 5.74) is 0.843. The monoisotopic (exact) mass is 177 g/mol. The van der Waals surface area contributed by atoms with Gasteiger partial charge in [0.25, 0.3) is 0 Å². The van der Waals surface area contributed by atoms with E-state index < -0.39 is 5.97 Å². The largest absolute Gasteiger partial charge is 0.481 e. The maximum Gasteiger partial charge on any atom is 0.307 e. The van der Waals surface area contributed by atoms with Crippen LogP contribution in [0.3, 0.4) is 0 Å². The van der Waals surface area contributed by atoms with E-state index in [1.807, 2.05) is 18.2 Å². The lowest BCUT2D eigenvalue weighted by molar-refractivity contribution is -0.136. The minimum Gasteiger partial charge on any atom is -0.481 e. The van der Waals surface area contributed by atoms with E-state index >= 15 is 0 Å². The maximum absolute atomic E-state index is 10.2. The lowest BCUT2D eigenvalue weighted by Gasteiger charge is -1.92. The molecule has 0 saturated carbocycles. The van der Waals surface area contributed by atoms with Crippen LogP contribution in [-0.2, 0) is 11.2 Å². The average Bonchev–Trinajstić information content (AvgIpc) is 2.06. The van der Waals surface area contributed by atoms with Crippen molar-refractivity contribution in [3.63, 3.8) is 0 Å². The number of aliphatic carboxylic acids is 1. The first-order chi connectivity index (χ1) is 6.20. The number of carboxylic acid groups (broad SMARTS) is 1. The highest BCUT2D eigenvalue weighted by molar-refractivity contribution is 5.70. The number of benzene rings is 1. The highest BCUT2D eigenvalue weighted by atomic mass is 16.4. The van der Waals surface area contributed by atoms with E-state index in [4.69, 9.17) is 10.4 Å². The van der Waals surface area contributed by atoms with Gasteiger partial charge >= 0.3 is 5.97 Å². The van der Waals surface area contributed by atoms with Crippen LogP contribution in [0, 0.1) is 11.3 Å². The van der Waals surface area contributed by atoms with E-state index in [9.17, 15) is 4.79 Å². The molecule has 3 nitrogen and oxygen atoms in total. The van der Waals surface area contributed by atoms with Crippen LogP contribution in [-0.4, -0.2) is 11.1 Å². The molecule has 0 aromatic heterocycles. The van der Waals surface area contributed by atoms with Crippen LogP contribution < -0.4 is 0 Å². The highest BCUT2D eigenvalue weighted by Gasteiger charge is 1.96. The number of carbonyl (C=O) groups is 1. The molecule has 0 fully saturated rings. The van der Waals surface area contributed by atoms with E-state index in [1.165, 1.54) is 6.92 Å². The van der Waals surface area contributed by atoms with E-state index in [-0.39, 0.29) is 6.42 Å². The molecule has 0 radical (unpaired) electrons. The number of carboxylic acids is 1. The smallest absolute Gasteiger partial charge is 0.307 e. The Bertz CT molecular complexity index is 288. The van der Waals surface area contributed by atoms with Crippen molar-refractivity contribution in [3.8, 4) is 6.07 Å². The van der Waals surface area contributed by atoms with E-state index in [0.29, 0.717) is 0 Å². The molecule has 13 heavy (non-hydrogen) atoms. The summed E-state index contributed by atoms with van der Waals surface area (Å²) in [4.78, 5) is 10.2. The standard InChI is InChI=1S/C8H8O2.C2H3N/c9-8(10)6-7-4-2-1-3-5-7;1-2-3/h1-5H,6H2,(H,9,10);1H3. The van der Waals surface area contributed by atoms with Gasteiger partial charge in [0.15, 0.2) is 0 Å². The summed E-state index contributed by atoms with van der Waals surface area (Å²) in [6, 6.07) is 10.9. The molecule has 0 aliphatic heterocycles. The van der Waals surface area contributed by atoms with Crippen molar-refractivity contribution >= 4 is 5.97 Å². The van der Waals surface area contributed by atoms with Gasteiger partial charge in [-0.15, -0.1) is 0 Å². The Kier molecular flexibility index (Phi) is 5.90. The molecule has 1 aromatic carbocycles. The molecule has 0 spiro atoms. The van der Waals surface area contributed by atoms with Crippen LogP contribution in [0.1, 0.15) is 12.5 Å². The Hall–Kier alpha value is -1.82. The topological polar surface area (TPSA) is 61.1 Å². The fourth-order valence-corrected chi connectivity index (χ4v) is 0.770. The molecule has 1 rings (SSSR count). The summed E-state index contributed by atoms with van der Waals surface area (Å²) in [6.45, 7) is 1.43. The molecule has 0 atom stereocenters. The van der Waals surface area contributed by atoms with Crippen molar-refractivity contribution in [1.29, 1.82) is 5.26 Å². The fourth-order valence-electron chi connectivity index (χ4n) is 0.770. The number of hydrogen-bond acceptors (Lipinski definition) is 2. The van der Waals surface area contributed by atoms with Crippen LogP contribution in [0.25, 0.3) is 0 Å². The average molecular weight is 177 g/mol. The Morgan fingerprint density at radius 3 is 2.31 bits per heavy atom. The summed E-state index contributed by atoms with van der Waals surface area (Å²) in [6.07, 6.45) is 0.112. The zero-order valence-corrected chi connectivity index (χ0v) is 7.40. The molecule has 1 N–H and O–H groups in total. The summed E-state index contributed by atoms with van der Waals surface area (Å²) in [5, 5.41) is 15.7. The predicted octanol–water partition coefficient (Wildman–Crippen LogP) is 1.84. The predicted molar refractivity (Wildman–Crippen MR) is 49.1 cm³/mol. The number of nitrogens with zero attached hydrogens (tertiary/aromatic N) is 1. The zero-order chi connectivity index (χ0) is 10.1. The second-order valence-electron chi connectivity index (χ2n) is 2.28. The first kappa shape index (κ1) is 11.2. The summed E-state index contributed by atoms with van der Waals surface area (Å²) >= 11 is 0. The van der Waals surface area contributed by atoms with Gasteiger partial charge < -0.3 is 5.11 Å². The molecule has 0 amide bonds. The highest BCUT2D eigenvalue weighted by Crippen LogP contribution is 1.98. The third-order valence-corrected chi connectivity index (χ3v) is 1.20. The van der Waals surface area contributed by atoms with Crippen molar-refractivity contribution in [1.82, 2.24) is 0 Å². The maximum atomic E-state index is 10.2. The first-order valence-corrected chi connectivity index (χ1v) is 3.77. The molecular weight excluding hydrogens is 166 g/mol. The van der Waals surface area contributed by atoms with E-state index in [2.05, 4.69) is 0 Å². The molecule has 1 aromatic rings. The molecule has 68 valence electrons. The van der Waals surface area contributed by atoms with Gasteiger partial charge in [0.1, 0.15) is 0 Å². The van der Waals surface area contributed by atoms with Crippen LogP contribution in [0.2, 0.25) is 0 Å². The number of rotatable bonds is 2. The lowest BCUT2D eigenvalue weighted by Crippen LogP contribution is -1.98. The van der Waals surface area contributed by atoms with Crippen LogP contribution in [0.4, 0.5) is 0 Å². The van der Waals surface area contributed by atoms with Crippen LogP contribution >= 0.6 is 0 Å². The Balaban J connectivity index is 0.000000424. The van der Waals surface area contributed by atoms with Gasteiger partial charge in [0, 0.05) is 6.92 Å². The number of hydrogen-bond donors (Lipinski definition) is 1. The van der Waals surface area contributed by atoms with Crippen molar-refractivity contribution in [2.45, 2.75) is 13.3 Å². The molecule has 0 aliphatic carbocycles. The van der Waals surface area contributed by atoms with Crippen molar-refractivity contribution in [3.05, 3.63) is 35.9 Å². The molecule has 0 heterocycles. The summed E-state index contributed by atoms with van der Waals surface area (Å²) in [5.74, 6) is -0.786. The quantitative estimate of drug-likeness (QED) is 0.749. The molecule has 0 aliphatic rings. The van der Waals surface area contributed by atoms with Gasteiger partial charge in [0.2, 0.25) is 0 Å². The third kappa shape index (κ3) is 6.57. The minimum absolute atomic E-state index is 0.112. The summed E-state index contributed by atoms with van der Waals surface area (Å²) in [7, 11) is 0. The van der Waals surface area contributed by atoms with Gasteiger partial charge in [-0.1, -0.05) is 30.3 Å². The van der Waals surface area contributed by atoms with Crippen LogP contribution in [0.5, 0.6) is 0 Å². The second-order valence-corrected chi connectivity index (χ2v) is 2.28. The Morgan fingerprint density at radius 1 is 1.46 bits per heavy atom. The zero-order valence-electron chi connectivity index (χ0n) is 7.40. The van der Waals surface area contributed by atoms with Gasteiger partial charge in [-0.2, -0.15) is 5.26 Å². The van der Waals surface area contributed by atoms with E-state index in [0.717, 1.165) is 5.56 Å². The molecule has 0 saturated heterocycles. The SMILES string of the molecule is CC#N.O=C(O)Cc1ccccc1.